The molecular weight excluding hydrogens is 333 g/mol. The van der Waals surface area contributed by atoms with Crippen molar-refractivity contribution in [3.8, 4) is 0 Å². The van der Waals surface area contributed by atoms with Crippen LogP contribution in [0.15, 0.2) is 41.7 Å². The smallest absolute Gasteiger partial charge is 0.190 e. The summed E-state index contributed by atoms with van der Waals surface area (Å²) < 4.78 is 1.91. The summed E-state index contributed by atoms with van der Waals surface area (Å²) in [5.41, 5.74) is 0.956. The van der Waals surface area contributed by atoms with Crippen LogP contribution in [-0.4, -0.2) is 35.9 Å². The van der Waals surface area contributed by atoms with Gasteiger partial charge in [0, 0.05) is 49.1 Å². The molecule has 1 heterocycles. The molecule has 0 saturated heterocycles. The maximum atomic E-state index is 6.16. The van der Waals surface area contributed by atoms with E-state index in [1.165, 1.54) is 0 Å². The Morgan fingerprint density at radius 1 is 1.17 bits per heavy atom. The minimum atomic E-state index is 0.696. The molecule has 0 spiro atoms. The van der Waals surface area contributed by atoms with Gasteiger partial charge in [0.15, 0.2) is 5.96 Å². The highest BCUT2D eigenvalue weighted by molar-refractivity contribution is 6.35. The van der Waals surface area contributed by atoms with E-state index in [0.29, 0.717) is 16.6 Å². The second-order valence-corrected chi connectivity index (χ2v) is 5.81. The molecule has 0 unspecified atom stereocenters. The van der Waals surface area contributed by atoms with Crippen LogP contribution in [0.5, 0.6) is 0 Å². The van der Waals surface area contributed by atoms with Crippen LogP contribution in [-0.2, 0) is 13.0 Å². The lowest BCUT2D eigenvalue weighted by atomic mass is 10.1. The van der Waals surface area contributed by atoms with Crippen LogP contribution in [0.1, 0.15) is 12.0 Å². The van der Waals surface area contributed by atoms with E-state index in [1.807, 2.05) is 35.1 Å². The Labute approximate surface area is 146 Å². The molecule has 124 valence electrons. The molecule has 0 bridgehead atoms. The van der Waals surface area contributed by atoms with Gasteiger partial charge in [0.2, 0.25) is 0 Å². The number of nitrogens with one attached hydrogen (secondary N) is 2. The van der Waals surface area contributed by atoms with Crippen molar-refractivity contribution in [3.05, 3.63) is 52.3 Å². The van der Waals surface area contributed by atoms with Gasteiger partial charge in [-0.1, -0.05) is 29.3 Å². The molecule has 0 saturated carbocycles. The van der Waals surface area contributed by atoms with Crippen molar-refractivity contribution in [1.82, 2.24) is 20.4 Å². The van der Waals surface area contributed by atoms with E-state index in [1.54, 1.807) is 13.2 Å². The molecule has 1 aromatic heterocycles. The van der Waals surface area contributed by atoms with Crippen LogP contribution in [0.25, 0.3) is 0 Å². The monoisotopic (exact) mass is 353 g/mol. The van der Waals surface area contributed by atoms with Gasteiger partial charge in [0.25, 0.3) is 0 Å². The number of aliphatic imine (C=N–C) groups is 1. The second kappa shape index (κ2) is 9.43. The van der Waals surface area contributed by atoms with Crippen molar-refractivity contribution in [3.63, 3.8) is 0 Å². The molecule has 0 aliphatic heterocycles. The Morgan fingerprint density at radius 3 is 2.57 bits per heavy atom. The topological polar surface area (TPSA) is 54.2 Å². The van der Waals surface area contributed by atoms with Crippen LogP contribution in [0.2, 0.25) is 10.0 Å². The average Bonchev–Trinajstić information content (AvgIpc) is 3.05. The fourth-order valence-electron chi connectivity index (χ4n) is 2.18. The van der Waals surface area contributed by atoms with Crippen molar-refractivity contribution in [2.45, 2.75) is 19.4 Å². The summed E-state index contributed by atoms with van der Waals surface area (Å²) in [4.78, 5) is 4.20. The van der Waals surface area contributed by atoms with Gasteiger partial charge >= 0.3 is 0 Å². The largest absolute Gasteiger partial charge is 0.356 e. The predicted octanol–water partition coefficient (Wildman–Crippen LogP) is 2.99. The Bertz CT molecular complexity index is 605. The Morgan fingerprint density at radius 2 is 1.91 bits per heavy atom. The van der Waals surface area contributed by atoms with Gasteiger partial charge in [0.1, 0.15) is 0 Å². The number of guanidine groups is 1. The van der Waals surface area contributed by atoms with Gasteiger partial charge < -0.3 is 10.6 Å². The molecule has 7 heteroatoms. The molecule has 0 amide bonds. The van der Waals surface area contributed by atoms with Gasteiger partial charge in [-0.2, -0.15) is 5.10 Å². The molecule has 0 atom stereocenters. The van der Waals surface area contributed by atoms with Crippen molar-refractivity contribution in [2.75, 3.05) is 20.1 Å². The molecule has 0 aliphatic rings. The van der Waals surface area contributed by atoms with Gasteiger partial charge in [-0.15, -0.1) is 0 Å². The lowest BCUT2D eigenvalue weighted by Crippen LogP contribution is -2.39. The highest BCUT2D eigenvalue weighted by atomic mass is 35.5. The van der Waals surface area contributed by atoms with E-state index >= 15 is 0 Å². The first-order valence-electron chi connectivity index (χ1n) is 7.55. The van der Waals surface area contributed by atoms with Gasteiger partial charge in [-0.05, 0) is 36.6 Å². The molecule has 2 N–H and O–H groups in total. The van der Waals surface area contributed by atoms with E-state index in [2.05, 4.69) is 20.7 Å². The molecule has 1 aromatic carbocycles. The van der Waals surface area contributed by atoms with Crippen LogP contribution in [0.4, 0.5) is 0 Å². The number of aromatic nitrogens is 2. The second-order valence-electron chi connectivity index (χ2n) is 5.00. The number of benzene rings is 1. The number of aryl methyl sites for hydroxylation is 1. The fourth-order valence-corrected chi connectivity index (χ4v) is 2.76. The van der Waals surface area contributed by atoms with E-state index in [-0.39, 0.29) is 0 Å². The SMILES string of the molecule is CN=C(NCCCn1cccn1)NCCc1c(Cl)cccc1Cl. The molecule has 2 rings (SSSR count). The van der Waals surface area contributed by atoms with Crippen molar-refractivity contribution in [2.24, 2.45) is 4.99 Å². The number of hydrogen-bond acceptors (Lipinski definition) is 2. The summed E-state index contributed by atoms with van der Waals surface area (Å²) in [6, 6.07) is 7.48. The molecule has 0 fully saturated rings. The lowest BCUT2D eigenvalue weighted by Gasteiger charge is -2.13. The number of nitrogens with zero attached hydrogens (tertiary/aromatic N) is 3. The first kappa shape index (κ1) is 17.6. The summed E-state index contributed by atoms with van der Waals surface area (Å²) in [6.45, 7) is 2.42. The zero-order valence-electron chi connectivity index (χ0n) is 13.1. The minimum Gasteiger partial charge on any atom is -0.356 e. The highest BCUT2D eigenvalue weighted by Gasteiger charge is 2.05. The zero-order valence-corrected chi connectivity index (χ0v) is 14.6. The van der Waals surface area contributed by atoms with E-state index in [9.17, 15) is 0 Å². The summed E-state index contributed by atoms with van der Waals surface area (Å²) in [5, 5.41) is 12.1. The molecule has 0 aliphatic carbocycles. The lowest BCUT2D eigenvalue weighted by molar-refractivity contribution is 0.570. The Balaban J connectivity index is 1.68. The number of halogens is 2. The minimum absolute atomic E-state index is 0.696. The highest BCUT2D eigenvalue weighted by Crippen LogP contribution is 2.24. The maximum Gasteiger partial charge on any atom is 0.190 e. The molecule has 23 heavy (non-hydrogen) atoms. The normalized spacial score (nSPS) is 11.5. The maximum absolute atomic E-state index is 6.16. The number of hydrogen-bond donors (Lipinski definition) is 2. The molecule has 5 nitrogen and oxygen atoms in total. The fraction of sp³-hybridized carbons (Fsp3) is 0.375. The molecule has 2 aromatic rings. The van der Waals surface area contributed by atoms with Gasteiger partial charge in [0.05, 0.1) is 0 Å². The Hall–Kier alpha value is -1.72. The molecular formula is C16H21Cl2N5. The van der Waals surface area contributed by atoms with Gasteiger partial charge in [-0.3, -0.25) is 9.67 Å². The van der Waals surface area contributed by atoms with Crippen LogP contribution < -0.4 is 10.6 Å². The Kier molecular flexibility index (Phi) is 7.23. The van der Waals surface area contributed by atoms with Crippen molar-refractivity contribution < 1.29 is 0 Å². The van der Waals surface area contributed by atoms with E-state index in [0.717, 1.165) is 37.5 Å². The quantitative estimate of drug-likeness (QED) is 0.457. The third-order valence-corrected chi connectivity index (χ3v) is 4.08. The first-order valence-corrected chi connectivity index (χ1v) is 8.31. The number of rotatable bonds is 7. The molecule has 0 radical (unpaired) electrons. The third kappa shape index (κ3) is 5.77. The van der Waals surface area contributed by atoms with Crippen LogP contribution in [0.3, 0.4) is 0 Å². The van der Waals surface area contributed by atoms with Gasteiger partial charge in [-0.25, -0.2) is 0 Å². The first-order chi connectivity index (χ1) is 11.2. The van der Waals surface area contributed by atoms with E-state index < -0.39 is 0 Å². The van der Waals surface area contributed by atoms with Crippen molar-refractivity contribution >= 4 is 29.2 Å². The van der Waals surface area contributed by atoms with E-state index in [4.69, 9.17) is 23.2 Å². The predicted molar refractivity (Wildman–Crippen MR) is 96.4 cm³/mol. The zero-order chi connectivity index (χ0) is 16.5. The average molecular weight is 354 g/mol. The van der Waals surface area contributed by atoms with Crippen LogP contribution >= 0.6 is 23.2 Å². The summed E-state index contributed by atoms with van der Waals surface area (Å²) >= 11 is 12.3. The summed E-state index contributed by atoms with van der Waals surface area (Å²) in [5.74, 6) is 0.772. The summed E-state index contributed by atoms with van der Waals surface area (Å²) in [7, 11) is 1.76. The summed E-state index contributed by atoms with van der Waals surface area (Å²) in [6.07, 6.45) is 5.46. The third-order valence-electron chi connectivity index (χ3n) is 3.37. The van der Waals surface area contributed by atoms with Crippen molar-refractivity contribution in [1.29, 1.82) is 0 Å². The standard InChI is InChI=1S/C16H21Cl2N5/c1-19-16(20-8-3-11-23-12-4-9-22-23)21-10-7-13-14(17)5-2-6-15(13)18/h2,4-6,9,12H,3,7-8,10-11H2,1H3,(H2,19,20,21). The van der Waals surface area contributed by atoms with Crippen LogP contribution in [0, 0.1) is 0 Å².